The fourth-order valence-corrected chi connectivity index (χ4v) is 4.32. The van der Waals surface area contributed by atoms with Gasteiger partial charge >= 0.3 is 5.97 Å². The molecule has 0 unspecified atom stereocenters. The summed E-state index contributed by atoms with van der Waals surface area (Å²) < 4.78 is 12.4. The van der Waals surface area contributed by atoms with Gasteiger partial charge < -0.3 is 9.47 Å². The van der Waals surface area contributed by atoms with E-state index < -0.39 is 5.97 Å². The van der Waals surface area contributed by atoms with Gasteiger partial charge in [-0.3, -0.25) is 0 Å². The molecule has 8 heteroatoms. The zero-order valence-corrected chi connectivity index (χ0v) is 20.6. The molecule has 0 fully saturated rings. The van der Waals surface area contributed by atoms with Crippen LogP contribution in [0.5, 0.6) is 5.75 Å². The van der Waals surface area contributed by atoms with Gasteiger partial charge in [0.1, 0.15) is 11.4 Å². The molecule has 5 aromatic rings. The molecule has 0 spiro atoms. The molecule has 5 rings (SSSR count). The first-order chi connectivity index (χ1) is 17.6. The predicted molar refractivity (Wildman–Crippen MR) is 139 cm³/mol. The van der Waals surface area contributed by atoms with Crippen LogP contribution in [0.1, 0.15) is 23.0 Å². The summed E-state index contributed by atoms with van der Waals surface area (Å²) in [6.07, 6.45) is 1.83. The standard InChI is InChI=1S/C28H23ClN4O3/c1-3-36-28(34)27-25(17-33-16-24(31-32-33)18-9-12-21(35-2)13-10-18)30-23-14-11-20(29)15-22(23)26(27)19-7-5-4-6-8-19/h4-16H,3,17H2,1-2H3. The second-order valence-corrected chi connectivity index (χ2v) is 8.52. The first kappa shape index (κ1) is 23.5. The molecular formula is C28H23ClN4O3. The Morgan fingerprint density at radius 3 is 2.50 bits per heavy atom. The highest BCUT2D eigenvalue weighted by Crippen LogP contribution is 2.35. The van der Waals surface area contributed by atoms with Gasteiger partial charge in [-0.05, 0) is 55.0 Å². The first-order valence-corrected chi connectivity index (χ1v) is 11.8. The number of carbonyl (C=O) groups is 1. The number of rotatable bonds is 7. The molecule has 0 atom stereocenters. The quantitative estimate of drug-likeness (QED) is 0.254. The number of esters is 1. The lowest BCUT2D eigenvalue weighted by Gasteiger charge is -2.17. The summed E-state index contributed by atoms with van der Waals surface area (Å²) in [4.78, 5) is 18.2. The minimum Gasteiger partial charge on any atom is -0.497 e. The van der Waals surface area contributed by atoms with Crippen molar-refractivity contribution in [3.63, 3.8) is 0 Å². The Labute approximate surface area is 213 Å². The summed E-state index contributed by atoms with van der Waals surface area (Å²) in [5, 5.41) is 9.95. The average molecular weight is 499 g/mol. The number of aromatic nitrogens is 4. The van der Waals surface area contributed by atoms with E-state index in [-0.39, 0.29) is 13.2 Å². The zero-order valence-electron chi connectivity index (χ0n) is 19.8. The van der Waals surface area contributed by atoms with E-state index in [2.05, 4.69) is 10.3 Å². The van der Waals surface area contributed by atoms with Crippen LogP contribution in [-0.4, -0.2) is 39.7 Å². The zero-order chi connectivity index (χ0) is 25.1. The predicted octanol–water partition coefficient (Wildman–Crippen LogP) is 6.05. The summed E-state index contributed by atoms with van der Waals surface area (Å²) >= 11 is 6.35. The minimum absolute atomic E-state index is 0.232. The van der Waals surface area contributed by atoms with E-state index >= 15 is 0 Å². The molecule has 2 heterocycles. The van der Waals surface area contributed by atoms with E-state index in [1.165, 1.54) is 0 Å². The van der Waals surface area contributed by atoms with E-state index in [1.54, 1.807) is 24.8 Å². The molecule has 2 aromatic heterocycles. The van der Waals surface area contributed by atoms with Crippen molar-refractivity contribution in [1.29, 1.82) is 0 Å². The van der Waals surface area contributed by atoms with E-state index in [0.717, 1.165) is 33.3 Å². The van der Waals surface area contributed by atoms with Crippen molar-refractivity contribution in [3.8, 4) is 28.1 Å². The van der Waals surface area contributed by atoms with Crippen LogP contribution in [0.4, 0.5) is 0 Å². The molecule has 7 nitrogen and oxygen atoms in total. The van der Waals surface area contributed by atoms with Crippen molar-refractivity contribution in [2.45, 2.75) is 13.5 Å². The SMILES string of the molecule is CCOC(=O)c1c(Cn2cc(-c3ccc(OC)cc3)nn2)nc2ccc(Cl)cc2c1-c1ccccc1. The van der Waals surface area contributed by atoms with Crippen LogP contribution < -0.4 is 4.74 Å². The fraction of sp³-hybridized carbons (Fsp3) is 0.143. The van der Waals surface area contributed by atoms with E-state index in [0.29, 0.717) is 22.0 Å². The number of nitrogens with zero attached hydrogens (tertiary/aromatic N) is 4. The number of ether oxygens (including phenoxy) is 2. The molecule has 0 amide bonds. The molecule has 0 aliphatic rings. The number of halogens is 1. The van der Waals surface area contributed by atoms with Crippen molar-refractivity contribution in [2.24, 2.45) is 0 Å². The highest BCUT2D eigenvalue weighted by atomic mass is 35.5. The molecule has 180 valence electrons. The van der Waals surface area contributed by atoms with Crippen LogP contribution in [0.3, 0.4) is 0 Å². The average Bonchev–Trinajstić information content (AvgIpc) is 3.37. The lowest BCUT2D eigenvalue weighted by molar-refractivity contribution is 0.0525. The fourth-order valence-electron chi connectivity index (χ4n) is 4.15. The number of hydrogen-bond acceptors (Lipinski definition) is 6. The first-order valence-electron chi connectivity index (χ1n) is 11.5. The maximum absolute atomic E-state index is 13.3. The van der Waals surface area contributed by atoms with E-state index in [4.69, 9.17) is 26.1 Å². The molecule has 0 radical (unpaired) electrons. The third-order valence-electron chi connectivity index (χ3n) is 5.80. The minimum atomic E-state index is -0.448. The molecule has 3 aromatic carbocycles. The topological polar surface area (TPSA) is 79.1 Å². The Hall–Kier alpha value is -4.23. The van der Waals surface area contributed by atoms with Gasteiger partial charge in [0.15, 0.2) is 0 Å². The Kier molecular flexibility index (Phi) is 6.64. The van der Waals surface area contributed by atoms with Gasteiger partial charge in [0.25, 0.3) is 0 Å². The monoisotopic (exact) mass is 498 g/mol. The molecular weight excluding hydrogens is 476 g/mol. The van der Waals surface area contributed by atoms with E-state index in [1.807, 2.05) is 72.9 Å². The number of benzene rings is 3. The number of hydrogen-bond donors (Lipinski definition) is 0. The molecule has 0 aliphatic carbocycles. The van der Waals surface area contributed by atoms with Gasteiger partial charge in [-0.1, -0.05) is 47.1 Å². The molecule has 0 saturated carbocycles. The van der Waals surface area contributed by atoms with Gasteiger partial charge in [0.05, 0.1) is 43.2 Å². The van der Waals surface area contributed by atoms with Crippen molar-refractivity contribution >= 4 is 28.5 Å². The molecule has 0 aliphatic heterocycles. The second-order valence-electron chi connectivity index (χ2n) is 8.09. The lowest BCUT2D eigenvalue weighted by atomic mass is 9.94. The Balaban J connectivity index is 1.65. The van der Waals surface area contributed by atoms with Gasteiger partial charge in [-0.15, -0.1) is 5.10 Å². The third kappa shape index (κ3) is 4.65. The summed E-state index contributed by atoms with van der Waals surface area (Å²) in [6, 6.07) is 22.8. The van der Waals surface area contributed by atoms with Crippen LogP contribution in [0.15, 0.2) is 79.0 Å². The van der Waals surface area contributed by atoms with Crippen molar-refractivity contribution in [2.75, 3.05) is 13.7 Å². The van der Waals surface area contributed by atoms with Crippen molar-refractivity contribution < 1.29 is 14.3 Å². The Morgan fingerprint density at radius 1 is 1.00 bits per heavy atom. The maximum atomic E-state index is 13.3. The smallest absolute Gasteiger partial charge is 0.340 e. The summed E-state index contributed by atoms with van der Waals surface area (Å²) in [7, 11) is 1.63. The lowest BCUT2D eigenvalue weighted by Crippen LogP contribution is -2.15. The second kappa shape index (κ2) is 10.2. The number of methoxy groups -OCH3 is 1. The summed E-state index contributed by atoms with van der Waals surface area (Å²) in [5.74, 6) is 0.315. The number of fused-ring (bicyclic) bond motifs is 1. The van der Waals surface area contributed by atoms with Crippen molar-refractivity contribution in [1.82, 2.24) is 20.0 Å². The number of pyridine rings is 1. The molecule has 0 N–H and O–H groups in total. The van der Waals surface area contributed by atoms with Crippen LogP contribution in [-0.2, 0) is 11.3 Å². The van der Waals surface area contributed by atoms with Crippen LogP contribution in [0.2, 0.25) is 5.02 Å². The summed E-state index contributed by atoms with van der Waals surface area (Å²) in [5.41, 5.74) is 4.84. The van der Waals surface area contributed by atoms with E-state index in [9.17, 15) is 4.79 Å². The van der Waals surface area contributed by atoms with Gasteiger partial charge in [-0.25, -0.2) is 14.5 Å². The molecule has 0 saturated heterocycles. The van der Waals surface area contributed by atoms with Gasteiger partial charge in [0.2, 0.25) is 0 Å². The maximum Gasteiger partial charge on any atom is 0.340 e. The highest BCUT2D eigenvalue weighted by Gasteiger charge is 2.24. The largest absolute Gasteiger partial charge is 0.497 e. The molecule has 0 bridgehead atoms. The molecule has 36 heavy (non-hydrogen) atoms. The highest BCUT2D eigenvalue weighted by molar-refractivity contribution is 6.31. The van der Waals surface area contributed by atoms with Gasteiger partial charge in [0, 0.05) is 21.5 Å². The van der Waals surface area contributed by atoms with Crippen LogP contribution in [0, 0.1) is 0 Å². The van der Waals surface area contributed by atoms with Crippen molar-refractivity contribution in [3.05, 3.63) is 95.3 Å². The summed E-state index contributed by atoms with van der Waals surface area (Å²) in [6.45, 7) is 2.25. The number of carbonyl (C=O) groups excluding carboxylic acids is 1. The van der Waals surface area contributed by atoms with Crippen LogP contribution in [0.25, 0.3) is 33.3 Å². The van der Waals surface area contributed by atoms with Crippen LogP contribution >= 0.6 is 11.6 Å². The Bertz CT molecular complexity index is 1530. The third-order valence-corrected chi connectivity index (χ3v) is 6.04. The normalized spacial score (nSPS) is 11.0. The Morgan fingerprint density at radius 2 is 1.78 bits per heavy atom. The van der Waals surface area contributed by atoms with Gasteiger partial charge in [-0.2, -0.15) is 0 Å².